The summed E-state index contributed by atoms with van der Waals surface area (Å²) >= 11 is 6.41. The number of nitriles is 1. The Bertz CT molecular complexity index is 1490. The first-order valence-electron chi connectivity index (χ1n) is 10.1. The minimum absolute atomic E-state index is 0.245. The molecule has 0 spiro atoms. The molecule has 0 unspecified atom stereocenters. The lowest BCUT2D eigenvalue weighted by atomic mass is 10.1. The van der Waals surface area contributed by atoms with Crippen LogP contribution in [0.5, 0.6) is 5.75 Å². The molecule has 0 amide bonds. The summed E-state index contributed by atoms with van der Waals surface area (Å²) in [6, 6.07) is 15.2. The lowest BCUT2D eigenvalue weighted by Crippen LogP contribution is -2.26. The molecule has 0 aliphatic carbocycles. The Morgan fingerprint density at radius 1 is 1.24 bits per heavy atom. The van der Waals surface area contributed by atoms with Gasteiger partial charge in [0.1, 0.15) is 29.8 Å². The number of fused-ring (bicyclic) bond motifs is 1. The zero-order valence-corrected chi connectivity index (χ0v) is 18.7. The average molecular weight is 462 g/mol. The summed E-state index contributed by atoms with van der Waals surface area (Å²) in [5, 5.41) is 13.3. The molecule has 2 N–H and O–H groups in total. The fourth-order valence-electron chi connectivity index (χ4n) is 3.46. The molecule has 4 rings (SSSR count). The maximum atomic E-state index is 12.8. The first kappa shape index (κ1) is 22.1. The van der Waals surface area contributed by atoms with Crippen LogP contribution in [0, 0.1) is 11.3 Å². The Labute approximate surface area is 194 Å². The van der Waals surface area contributed by atoms with E-state index in [9.17, 15) is 9.59 Å². The van der Waals surface area contributed by atoms with Crippen LogP contribution in [0.4, 0.5) is 5.69 Å². The minimum Gasteiger partial charge on any atom is -0.486 e. The van der Waals surface area contributed by atoms with Crippen LogP contribution in [-0.4, -0.2) is 14.5 Å². The number of pyridine rings is 3. The van der Waals surface area contributed by atoms with Gasteiger partial charge in [-0.2, -0.15) is 5.26 Å². The summed E-state index contributed by atoms with van der Waals surface area (Å²) in [5.74, 6) is 0.436. The fourth-order valence-corrected chi connectivity index (χ4v) is 3.69. The number of aromatic nitrogens is 3. The number of hydrogen-bond donors (Lipinski definition) is 2. The van der Waals surface area contributed by atoms with Gasteiger partial charge >= 0.3 is 0 Å². The number of nitrogens with zero attached hydrogens (tertiary/aromatic N) is 3. The van der Waals surface area contributed by atoms with Crippen molar-refractivity contribution in [2.45, 2.75) is 19.6 Å². The number of aromatic amines is 1. The fraction of sp³-hybridized carbons (Fsp3) is 0.167. The van der Waals surface area contributed by atoms with Crippen LogP contribution in [0.2, 0.25) is 5.02 Å². The maximum Gasteiger partial charge on any atom is 0.274 e. The highest BCUT2D eigenvalue weighted by atomic mass is 35.5. The number of ether oxygens (including phenoxy) is 1. The van der Waals surface area contributed by atoms with Crippen LogP contribution < -0.4 is 21.2 Å². The number of benzene rings is 1. The van der Waals surface area contributed by atoms with Gasteiger partial charge in [0.2, 0.25) is 0 Å². The van der Waals surface area contributed by atoms with Gasteiger partial charge in [-0.25, -0.2) is 0 Å². The highest BCUT2D eigenvalue weighted by Gasteiger charge is 2.15. The van der Waals surface area contributed by atoms with Crippen LogP contribution in [0.1, 0.15) is 29.9 Å². The molecule has 1 aromatic carbocycles. The van der Waals surface area contributed by atoms with Crippen LogP contribution in [0.3, 0.4) is 0 Å². The van der Waals surface area contributed by atoms with Crippen molar-refractivity contribution < 1.29 is 4.74 Å². The number of H-pyrrole nitrogens is 1. The minimum atomic E-state index is -0.474. The molecule has 0 saturated carbocycles. The van der Waals surface area contributed by atoms with Gasteiger partial charge < -0.3 is 19.6 Å². The molecule has 0 aliphatic heterocycles. The molecule has 9 heteroatoms. The van der Waals surface area contributed by atoms with Gasteiger partial charge in [0, 0.05) is 30.3 Å². The molecule has 0 bridgehead atoms. The largest absolute Gasteiger partial charge is 0.486 e. The van der Waals surface area contributed by atoms with Crippen LogP contribution in [0.25, 0.3) is 10.9 Å². The number of anilines is 1. The second-order valence-corrected chi connectivity index (χ2v) is 7.91. The third-order valence-corrected chi connectivity index (χ3v) is 5.58. The normalized spacial score (nSPS) is 11.7. The molecular formula is C24H20ClN5O3. The van der Waals surface area contributed by atoms with Crippen molar-refractivity contribution in [1.29, 1.82) is 5.26 Å². The van der Waals surface area contributed by atoms with E-state index < -0.39 is 6.04 Å². The summed E-state index contributed by atoms with van der Waals surface area (Å²) in [5.41, 5.74) is 1.66. The number of nitrogens with one attached hydrogen (secondary N) is 2. The van der Waals surface area contributed by atoms with Crippen molar-refractivity contribution >= 4 is 28.2 Å². The summed E-state index contributed by atoms with van der Waals surface area (Å²) < 4.78 is 7.04. The molecule has 3 aromatic heterocycles. The summed E-state index contributed by atoms with van der Waals surface area (Å²) in [6.07, 6.45) is 1.68. The van der Waals surface area contributed by atoms with Gasteiger partial charge in [0.15, 0.2) is 0 Å². The van der Waals surface area contributed by atoms with Gasteiger partial charge in [0.25, 0.3) is 11.1 Å². The molecule has 4 aromatic rings. The van der Waals surface area contributed by atoms with Gasteiger partial charge in [-0.1, -0.05) is 17.7 Å². The summed E-state index contributed by atoms with van der Waals surface area (Å²) in [7, 11) is 1.52. The Morgan fingerprint density at radius 3 is 2.79 bits per heavy atom. The van der Waals surface area contributed by atoms with Crippen LogP contribution in [0.15, 0.2) is 64.3 Å². The zero-order chi connectivity index (χ0) is 23.5. The van der Waals surface area contributed by atoms with Crippen LogP contribution >= 0.6 is 11.6 Å². The van der Waals surface area contributed by atoms with Crippen molar-refractivity contribution in [1.82, 2.24) is 14.5 Å². The number of halogens is 1. The van der Waals surface area contributed by atoms with E-state index in [1.54, 1.807) is 37.4 Å². The van der Waals surface area contributed by atoms with Crippen molar-refractivity contribution in [3.63, 3.8) is 0 Å². The molecule has 1 atom stereocenters. The third-order valence-electron chi connectivity index (χ3n) is 5.28. The topological polar surface area (TPSA) is 113 Å². The quantitative estimate of drug-likeness (QED) is 0.450. The van der Waals surface area contributed by atoms with Crippen molar-refractivity contribution in [2.24, 2.45) is 7.05 Å². The molecule has 3 heterocycles. The highest BCUT2D eigenvalue weighted by Crippen LogP contribution is 2.30. The smallest absolute Gasteiger partial charge is 0.274 e. The van der Waals surface area contributed by atoms with Gasteiger partial charge in [0.05, 0.1) is 22.3 Å². The molecule has 0 radical (unpaired) electrons. The summed E-state index contributed by atoms with van der Waals surface area (Å²) in [4.78, 5) is 32.3. The highest BCUT2D eigenvalue weighted by molar-refractivity contribution is 6.32. The number of hydrogen-bond acceptors (Lipinski definition) is 6. The maximum absolute atomic E-state index is 12.8. The molecule has 33 heavy (non-hydrogen) atoms. The van der Waals surface area contributed by atoms with E-state index in [-0.39, 0.29) is 23.4 Å². The van der Waals surface area contributed by atoms with E-state index >= 15 is 0 Å². The van der Waals surface area contributed by atoms with Crippen molar-refractivity contribution in [2.75, 3.05) is 5.32 Å². The van der Waals surface area contributed by atoms with E-state index in [0.717, 1.165) is 11.1 Å². The molecule has 0 fully saturated rings. The molecular weight excluding hydrogens is 442 g/mol. The first-order chi connectivity index (χ1) is 15.9. The van der Waals surface area contributed by atoms with Gasteiger partial charge in [-0.3, -0.25) is 14.6 Å². The van der Waals surface area contributed by atoms with Gasteiger partial charge in [-0.15, -0.1) is 0 Å². The van der Waals surface area contributed by atoms with E-state index in [1.807, 2.05) is 24.3 Å². The van der Waals surface area contributed by atoms with Gasteiger partial charge in [-0.05, 0) is 43.3 Å². The monoisotopic (exact) mass is 461 g/mol. The van der Waals surface area contributed by atoms with E-state index in [1.165, 1.54) is 17.7 Å². The van der Waals surface area contributed by atoms with Crippen LogP contribution in [-0.2, 0) is 13.7 Å². The molecule has 0 saturated heterocycles. The average Bonchev–Trinajstić information content (AvgIpc) is 2.81. The molecule has 166 valence electrons. The molecule has 8 nitrogen and oxygen atoms in total. The lowest BCUT2D eigenvalue weighted by Gasteiger charge is -2.16. The first-order valence-corrected chi connectivity index (χ1v) is 10.5. The van der Waals surface area contributed by atoms with E-state index in [2.05, 4.69) is 15.3 Å². The Balaban J connectivity index is 1.61. The predicted octanol–water partition coefficient (Wildman–Crippen LogP) is 3.90. The van der Waals surface area contributed by atoms with E-state index in [4.69, 9.17) is 21.6 Å². The second-order valence-electron chi connectivity index (χ2n) is 7.51. The molecule has 0 aliphatic rings. The Morgan fingerprint density at radius 2 is 2.06 bits per heavy atom. The Kier molecular flexibility index (Phi) is 6.16. The van der Waals surface area contributed by atoms with Crippen molar-refractivity contribution in [3.8, 4) is 11.8 Å². The zero-order valence-electron chi connectivity index (χ0n) is 17.9. The third kappa shape index (κ3) is 4.59. The predicted molar refractivity (Wildman–Crippen MR) is 127 cm³/mol. The Hall–Kier alpha value is -4.09. The van der Waals surface area contributed by atoms with Crippen molar-refractivity contribution in [3.05, 3.63) is 97.4 Å². The second kappa shape index (κ2) is 9.18. The SMILES string of the molecule is C[C@H](Nc1ccc(C#N)n(C)c1=O)c1cc2cc(Cl)c(OCc3ccccn3)cc2[nH]c1=O. The lowest BCUT2D eigenvalue weighted by molar-refractivity contribution is 0.302. The standard InChI is InChI=1S/C24H20ClN5O3/c1-14(28-20-7-6-17(12-26)30(2)24(20)32)18-9-15-10-19(25)22(11-21(15)29-23(18)31)33-13-16-5-3-4-8-27-16/h3-11,14,28H,13H2,1-2H3,(H,29,31)/t14-/m0/s1. The summed E-state index contributed by atoms with van der Waals surface area (Å²) in [6.45, 7) is 2.02. The van der Waals surface area contributed by atoms with E-state index in [0.29, 0.717) is 27.5 Å². The number of rotatable bonds is 6.